The molecule has 1 N–H and O–H groups in total. The van der Waals surface area contributed by atoms with Crippen LogP contribution in [0.15, 0.2) is 30.3 Å². The maximum atomic E-state index is 11.7. The van der Waals surface area contributed by atoms with Crippen LogP contribution >= 0.6 is 0 Å². The number of benzene rings is 1. The molecule has 0 aliphatic carbocycles. The molecule has 1 rings (SSSR count). The first kappa shape index (κ1) is 16.5. The van der Waals surface area contributed by atoms with Crippen molar-refractivity contribution in [3.05, 3.63) is 30.3 Å². The van der Waals surface area contributed by atoms with Gasteiger partial charge in [0, 0.05) is 6.04 Å². The molecule has 112 valence electrons. The van der Waals surface area contributed by atoms with Crippen molar-refractivity contribution in [3.63, 3.8) is 0 Å². The first-order chi connectivity index (χ1) is 9.65. The van der Waals surface area contributed by atoms with Gasteiger partial charge in [0.25, 0.3) is 0 Å². The van der Waals surface area contributed by atoms with Crippen LogP contribution in [0.3, 0.4) is 0 Å². The number of rotatable bonds is 8. The topological polar surface area (TPSA) is 41.6 Å². The minimum absolute atomic E-state index is 0.127. The van der Waals surface area contributed by atoms with Gasteiger partial charge in [-0.15, -0.1) is 0 Å². The number of carbonyl (C=O) groups excluding carboxylic acids is 1. The lowest BCUT2D eigenvalue weighted by atomic mass is 10.2. The zero-order valence-electron chi connectivity index (χ0n) is 12.8. The van der Waals surface area contributed by atoms with Crippen LogP contribution < -0.4 is 10.1 Å². The predicted molar refractivity (Wildman–Crippen MR) is 82.1 cm³/mol. The Morgan fingerprint density at radius 1 is 1.25 bits per heavy atom. The van der Waals surface area contributed by atoms with Gasteiger partial charge in [0.2, 0.25) is 0 Å². The van der Waals surface area contributed by atoms with E-state index in [0.717, 1.165) is 32.5 Å². The standard InChI is InChI=1S/C16H26N2O2/c1-4-18(5-2)13-9-10-14(3)17-16(19)20-15-11-7-6-8-12-15/h6-8,11-12,14H,4-5,9-10,13H2,1-3H3,(H,17,19). The van der Waals surface area contributed by atoms with E-state index in [0.29, 0.717) is 5.75 Å². The molecule has 0 saturated heterocycles. The molecule has 1 aromatic carbocycles. The first-order valence-corrected chi connectivity index (χ1v) is 7.41. The number of hydrogen-bond donors (Lipinski definition) is 1. The van der Waals surface area contributed by atoms with Crippen molar-refractivity contribution in [2.45, 2.75) is 39.7 Å². The van der Waals surface area contributed by atoms with Crippen LogP contribution in [-0.4, -0.2) is 36.7 Å². The fourth-order valence-corrected chi connectivity index (χ4v) is 2.06. The van der Waals surface area contributed by atoms with Crippen LogP contribution in [0.25, 0.3) is 0 Å². The molecule has 0 aromatic heterocycles. The summed E-state index contributed by atoms with van der Waals surface area (Å²) in [7, 11) is 0. The number of ether oxygens (including phenoxy) is 1. The largest absolute Gasteiger partial charge is 0.412 e. The minimum atomic E-state index is -0.383. The van der Waals surface area contributed by atoms with Crippen molar-refractivity contribution in [1.82, 2.24) is 10.2 Å². The zero-order chi connectivity index (χ0) is 14.8. The van der Waals surface area contributed by atoms with Crippen LogP contribution in [0, 0.1) is 0 Å². The summed E-state index contributed by atoms with van der Waals surface area (Å²) in [4.78, 5) is 14.1. The summed E-state index contributed by atoms with van der Waals surface area (Å²) in [6.45, 7) is 9.58. The van der Waals surface area contributed by atoms with E-state index >= 15 is 0 Å². The summed E-state index contributed by atoms with van der Waals surface area (Å²) in [5.41, 5.74) is 0. The highest BCUT2D eigenvalue weighted by atomic mass is 16.6. The van der Waals surface area contributed by atoms with Crippen molar-refractivity contribution >= 4 is 6.09 Å². The number of nitrogens with zero attached hydrogens (tertiary/aromatic N) is 1. The van der Waals surface area contributed by atoms with E-state index in [4.69, 9.17) is 4.74 Å². The van der Waals surface area contributed by atoms with E-state index in [1.54, 1.807) is 12.1 Å². The van der Waals surface area contributed by atoms with E-state index in [1.165, 1.54) is 0 Å². The van der Waals surface area contributed by atoms with Gasteiger partial charge in [-0.2, -0.15) is 0 Å². The summed E-state index contributed by atoms with van der Waals surface area (Å²) < 4.78 is 5.19. The number of amides is 1. The molecule has 0 heterocycles. The Bertz CT molecular complexity index is 377. The normalized spacial score (nSPS) is 12.2. The first-order valence-electron chi connectivity index (χ1n) is 7.41. The Kier molecular flexibility index (Phi) is 7.73. The van der Waals surface area contributed by atoms with Gasteiger partial charge in [0.1, 0.15) is 5.75 Å². The summed E-state index contributed by atoms with van der Waals surface area (Å²) in [6.07, 6.45) is 1.65. The second kappa shape index (κ2) is 9.37. The Labute approximate surface area is 122 Å². The number of para-hydroxylation sites is 1. The van der Waals surface area contributed by atoms with Gasteiger partial charge in [-0.05, 0) is 51.5 Å². The quantitative estimate of drug-likeness (QED) is 0.793. The van der Waals surface area contributed by atoms with Crippen molar-refractivity contribution in [2.24, 2.45) is 0 Å². The van der Waals surface area contributed by atoms with Crippen LogP contribution in [0.2, 0.25) is 0 Å². The summed E-state index contributed by atoms with van der Waals surface area (Å²) in [5, 5.41) is 2.86. The Morgan fingerprint density at radius 3 is 2.50 bits per heavy atom. The van der Waals surface area contributed by atoms with E-state index in [2.05, 4.69) is 24.1 Å². The molecule has 1 atom stereocenters. The van der Waals surface area contributed by atoms with Crippen molar-refractivity contribution in [1.29, 1.82) is 0 Å². The molecule has 0 bridgehead atoms. The number of hydrogen-bond acceptors (Lipinski definition) is 3. The van der Waals surface area contributed by atoms with Gasteiger partial charge >= 0.3 is 6.09 Å². The van der Waals surface area contributed by atoms with Crippen LogP contribution in [0.1, 0.15) is 33.6 Å². The molecule has 0 aliphatic rings. The molecule has 1 unspecified atom stereocenters. The summed E-state index contributed by atoms with van der Waals surface area (Å²) in [6, 6.07) is 9.24. The van der Waals surface area contributed by atoms with E-state index in [1.807, 2.05) is 25.1 Å². The third kappa shape index (κ3) is 6.57. The highest BCUT2D eigenvalue weighted by molar-refractivity contribution is 5.70. The molecule has 0 aliphatic heterocycles. The second-order valence-electron chi connectivity index (χ2n) is 4.92. The minimum Gasteiger partial charge on any atom is -0.410 e. The third-order valence-electron chi connectivity index (χ3n) is 3.32. The monoisotopic (exact) mass is 278 g/mol. The van der Waals surface area contributed by atoms with Crippen molar-refractivity contribution in [3.8, 4) is 5.75 Å². The highest BCUT2D eigenvalue weighted by Crippen LogP contribution is 2.08. The Hall–Kier alpha value is -1.55. The Balaban J connectivity index is 2.21. The SMILES string of the molecule is CCN(CC)CCCC(C)NC(=O)Oc1ccccc1. The maximum absolute atomic E-state index is 11.7. The molecule has 0 saturated carbocycles. The number of carbonyl (C=O) groups is 1. The summed E-state index contributed by atoms with van der Waals surface area (Å²) in [5.74, 6) is 0.570. The average molecular weight is 278 g/mol. The molecular weight excluding hydrogens is 252 g/mol. The number of nitrogens with one attached hydrogen (secondary N) is 1. The highest BCUT2D eigenvalue weighted by Gasteiger charge is 2.09. The lowest BCUT2D eigenvalue weighted by Crippen LogP contribution is -2.35. The average Bonchev–Trinajstić information content (AvgIpc) is 2.44. The molecule has 4 heteroatoms. The van der Waals surface area contributed by atoms with Gasteiger partial charge in [-0.1, -0.05) is 32.0 Å². The van der Waals surface area contributed by atoms with Crippen LogP contribution in [0.4, 0.5) is 4.79 Å². The van der Waals surface area contributed by atoms with E-state index in [-0.39, 0.29) is 12.1 Å². The molecule has 1 amide bonds. The van der Waals surface area contributed by atoms with Crippen molar-refractivity contribution < 1.29 is 9.53 Å². The molecule has 1 aromatic rings. The molecule has 20 heavy (non-hydrogen) atoms. The summed E-state index contributed by atoms with van der Waals surface area (Å²) >= 11 is 0. The molecule has 4 nitrogen and oxygen atoms in total. The predicted octanol–water partition coefficient (Wildman–Crippen LogP) is 3.29. The van der Waals surface area contributed by atoms with Crippen LogP contribution in [0.5, 0.6) is 5.75 Å². The van der Waals surface area contributed by atoms with Gasteiger partial charge in [-0.25, -0.2) is 4.79 Å². The molecule has 0 fully saturated rings. The lowest BCUT2D eigenvalue weighted by molar-refractivity contribution is 0.195. The zero-order valence-corrected chi connectivity index (χ0v) is 12.8. The molecule has 0 spiro atoms. The lowest BCUT2D eigenvalue weighted by Gasteiger charge is -2.19. The van der Waals surface area contributed by atoms with E-state index in [9.17, 15) is 4.79 Å². The maximum Gasteiger partial charge on any atom is 0.412 e. The van der Waals surface area contributed by atoms with Gasteiger partial charge in [-0.3, -0.25) is 0 Å². The Morgan fingerprint density at radius 2 is 1.90 bits per heavy atom. The van der Waals surface area contributed by atoms with Gasteiger partial charge in [0.05, 0.1) is 0 Å². The van der Waals surface area contributed by atoms with Crippen molar-refractivity contribution in [2.75, 3.05) is 19.6 Å². The fraction of sp³-hybridized carbons (Fsp3) is 0.562. The molecule has 0 radical (unpaired) electrons. The van der Waals surface area contributed by atoms with Gasteiger partial charge < -0.3 is 15.0 Å². The molecular formula is C16H26N2O2. The smallest absolute Gasteiger partial charge is 0.410 e. The second-order valence-corrected chi connectivity index (χ2v) is 4.92. The van der Waals surface area contributed by atoms with Gasteiger partial charge in [0.15, 0.2) is 0 Å². The van der Waals surface area contributed by atoms with E-state index < -0.39 is 0 Å². The fourth-order valence-electron chi connectivity index (χ4n) is 2.06. The van der Waals surface area contributed by atoms with Crippen LogP contribution in [-0.2, 0) is 0 Å². The third-order valence-corrected chi connectivity index (χ3v) is 3.32.